The Bertz CT molecular complexity index is 1610. The third-order valence-electron chi connectivity index (χ3n) is 6.97. The summed E-state index contributed by atoms with van der Waals surface area (Å²) < 4.78 is 54.1. The van der Waals surface area contributed by atoms with Crippen LogP contribution in [0.2, 0.25) is 0 Å². The van der Waals surface area contributed by atoms with Crippen molar-refractivity contribution in [2.45, 2.75) is 18.9 Å². The van der Waals surface area contributed by atoms with Crippen LogP contribution in [0.4, 0.5) is 13.2 Å². The summed E-state index contributed by atoms with van der Waals surface area (Å²) >= 11 is 0. The van der Waals surface area contributed by atoms with E-state index in [1.165, 1.54) is 6.20 Å². The number of hydrogen-bond donors (Lipinski definition) is 1. The Morgan fingerprint density at radius 2 is 1.85 bits per heavy atom. The van der Waals surface area contributed by atoms with Gasteiger partial charge < -0.3 is 14.8 Å². The van der Waals surface area contributed by atoms with Crippen LogP contribution in [-0.2, 0) is 4.74 Å². The summed E-state index contributed by atoms with van der Waals surface area (Å²) in [5, 5.41) is 3.71. The average Bonchev–Trinajstić information content (AvgIpc) is 2.94. The first-order valence-electron chi connectivity index (χ1n) is 12.4. The second kappa shape index (κ2) is 11.7. The Hall–Kier alpha value is -2.91. The van der Waals surface area contributed by atoms with E-state index in [1.54, 1.807) is 18.2 Å². The predicted molar refractivity (Wildman–Crippen MR) is 137 cm³/mol. The zero-order chi connectivity index (χ0) is 26.2. The zero-order valence-electron chi connectivity index (χ0n) is 20.6. The van der Waals surface area contributed by atoms with Gasteiger partial charge in [-0.2, -0.15) is 0 Å². The molecule has 1 atom stereocenters. The molecule has 0 fully saturated rings. The van der Waals surface area contributed by atoms with E-state index < -0.39 is 17.5 Å². The van der Waals surface area contributed by atoms with Gasteiger partial charge in [-0.3, -0.25) is 9.78 Å². The molecule has 9 heteroatoms. The van der Waals surface area contributed by atoms with Crippen molar-refractivity contribution in [2.24, 2.45) is 0 Å². The van der Waals surface area contributed by atoms with Gasteiger partial charge in [0.15, 0.2) is 11.6 Å². The fourth-order valence-electron chi connectivity index (χ4n) is 5.19. The topological polar surface area (TPSA) is 60.5 Å². The van der Waals surface area contributed by atoms with Crippen molar-refractivity contribution in [2.75, 3.05) is 19.8 Å². The monoisotopic (exact) mass is 556 g/mol. The Kier molecular flexibility index (Phi) is 8.28. The molecule has 3 heterocycles. The Balaban J connectivity index is 0.00000308. The first-order chi connectivity index (χ1) is 18.5. The summed E-state index contributed by atoms with van der Waals surface area (Å²) in [6.07, 6.45) is 4.54. The largest absolute Gasteiger partial charge is 0.493 e. The number of ether oxygens (including phenoxy) is 2. The summed E-state index contributed by atoms with van der Waals surface area (Å²) in [6, 6.07) is 13.8. The fourth-order valence-corrected chi connectivity index (χ4v) is 5.19. The van der Waals surface area contributed by atoms with Crippen LogP contribution in [0, 0.1) is 55.2 Å². The van der Waals surface area contributed by atoms with E-state index in [0.717, 1.165) is 23.0 Å². The van der Waals surface area contributed by atoms with Crippen molar-refractivity contribution < 1.29 is 65.2 Å². The van der Waals surface area contributed by atoms with Gasteiger partial charge in [-0.15, -0.1) is 0 Å². The number of hydrogen-bond acceptors (Lipinski definition) is 4. The van der Waals surface area contributed by atoms with Gasteiger partial charge in [-0.05, 0) is 24.1 Å². The maximum atomic E-state index is 14.8. The summed E-state index contributed by atoms with van der Waals surface area (Å²) in [7, 11) is 0. The van der Waals surface area contributed by atoms with Gasteiger partial charge in [0, 0.05) is 84.1 Å². The molecule has 1 amide bonds. The molecule has 2 aliphatic rings. The normalized spacial score (nSPS) is 16.5. The number of fused-ring (bicyclic) bond motifs is 2. The Labute approximate surface area is 253 Å². The number of nitrogens with one attached hydrogen (secondary N) is 1. The first-order valence-corrected chi connectivity index (χ1v) is 12.4. The van der Waals surface area contributed by atoms with E-state index in [1.807, 2.05) is 30.3 Å². The molecule has 0 radical (unpaired) electrons. The van der Waals surface area contributed by atoms with Gasteiger partial charge in [-0.25, -0.2) is 13.2 Å². The molecule has 0 bridgehead atoms. The molecule has 0 saturated carbocycles. The van der Waals surface area contributed by atoms with Crippen LogP contribution in [0.15, 0.2) is 66.9 Å². The van der Waals surface area contributed by atoms with Gasteiger partial charge in [0.2, 0.25) is 0 Å². The SMILES string of the molecule is O=C(N[C@H]1CCOc2ccccc21)c1cnc2c(-c3cc(F)cc(F)c3F)cccc2c1C1=CCOCC1.[Ar]. The molecule has 6 rings (SSSR count). The molecule has 39 heavy (non-hydrogen) atoms. The molecule has 0 spiro atoms. The van der Waals surface area contributed by atoms with Crippen LogP contribution in [0.1, 0.15) is 40.4 Å². The third kappa shape index (κ3) is 5.31. The minimum atomic E-state index is -1.28. The number of nitrogens with zero attached hydrogens (tertiary/aromatic N) is 1. The van der Waals surface area contributed by atoms with Crippen molar-refractivity contribution in [3.05, 3.63) is 101 Å². The van der Waals surface area contributed by atoms with Crippen LogP contribution in [0.5, 0.6) is 5.75 Å². The Morgan fingerprint density at radius 1 is 1.00 bits per heavy atom. The molecule has 1 aromatic heterocycles. The van der Waals surface area contributed by atoms with Crippen molar-refractivity contribution >= 4 is 22.4 Å². The zero-order valence-corrected chi connectivity index (χ0v) is 21.3. The molecule has 5 nitrogen and oxygen atoms in total. The average molecular weight is 556 g/mol. The summed E-state index contributed by atoms with van der Waals surface area (Å²) in [4.78, 5) is 18.2. The van der Waals surface area contributed by atoms with Crippen LogP contribution in [-0.4, -0.2) is 30.7 Å². The van der Waals surface area contributed by atoms with Crippen LogP contribution < -0.4 is 10.1 Å². The van der Waals surface area contributed by atoms with Gasteiger partial charge >= 0.3 is 0 Å². The van der Waals surface area contributed by atoms with E-state index >= 15 is 0 Å². The Morgan fingerprint density at radius 3 is 2.67 bits per heavy atom. The maximum Gasteiger partial charge on any atom is 0.253 e. The standard InChI is InChI=1S/C30H23F3N2O3.Ar/c31-18-14-22(28(33)24(32)15-18)19-5-3-6-21-27(17-8-11-37-12-9-17)23(16-34-29(19)21)30(36)35-25-10-13-38-26-7-2-1-4-20(25)26;/h1-8,14-16,25H,9-13H2,(H,35,36);/t25-;/m0./s1. The quantitative estimate of drug-likeness (QED) is 0.297. The van der Waals surface area contributed by atoms with Crippen molar-refractivity contribution in [3.8, 4) is 16.9 Å². The summed E-state index contributed by atoms with van der Waals surface area (Å²) in [6.45, 7) is 1.34. The number of carbonyl (C=O) groups excluding carboxylic acids is 1. The number of halogens is 3. The molecule has 200 valence electrons. The number of aromatic nitrogens is 1. The van der Waals surface area contributed by atoms with E-state index in [0.29, 0.717) is 60.8 Å². The van der Waals surface area contributed by atoms with Crippen molar-refractivity contribution in [1.82, 2.24) is 10.3 Å². The minimum absolute atomic E-state index is 0. The fraction of sp³-hybridized carbons (Fsp3) is 0.200. The third-order valence-corrected chi connectivity index (χ3v) is 6.97. The second-order valence-electron chi connectivity index (χ2n) is 9.25. The van der Waals surface area contributed by atoms with Gasteiger partial charge in [0.25, 0.3) is 5.91 Å². The number of pyridine rings is 1. The number of amides is 1. The molecule has 0 unspecified atom stereocenters. The van der Waals surface area contributed by atoms with Crippen molar-refractivity contribution in [1.29, 1.82) is 0 Å². The van der Waals surface area contributed by atoms with Gasteiger partial charge in [0.05, 0.1) is 36.9 Å². The van der Waals surface area contributed by atoms with Crippen molar-refractivity contribution in [3.63, 3.8) is 0 Å². The maximum absolute atomic E-state index is 14.8. The number of carbonyl (C=O) groups is 1. The van der Waals surface area contributed by atoms with E-state index in [9.17, 15) is 18.0 Å². The number of benzene rings is 3. The summed E-state index contributed by atoms with van der Waals surface area (Å²) in [5.74, 6) is -2.90. The molecule has 4 aromatic rings. The molecular weight excluding hydrogens is 533 g/mol. The first kappa shape index (κ1) is 27.6. The van der Waals surface area contributed by atoms with E-state index in [2.05, 4.69) is 10.3 Å². The van der Waals surface area contributed by atoms with Gasteiger partial charge in [0.1, 0.15) is 11.6 Å². The number of para-hydroxylation sites is 2. The second-order valence-corrected chi connectivity index (χ2v) is 9.25. The minimum Gasteiger partial charge on any atom is -0.493 e. The molecule has 0 saturated heterocycles. The van der Waals surface area contributed by atoms with Crippen LogP contribution >= 0.6 is 0 Å². The molecular formula is C30H23ArF3N2O3. The smallest absolute Gasteiger partial charge is 0.253 e. The van der Waals surface area contributed by atoms with E-state index in [-0.39, 0.29) is 60.8 Å². The molecule has 2 aliphatic heterocycles. The van der Waals surface area contributed by atoms with E-state index in [4.69, 9.17) is 9.47 Å². The predicted octanol–water partition coefficient (Wildman–Crippen LogP) is 6.38. The van der Waals surface area contributed by atoms with Crippen LogP contribution in [0.25, 0.3) is 27.6 Å². The van der Waals surface area contributed by atoms with Gasteiger partial charge in [-0.1, -0.05) is 42.5 Å². The molecule has 1 N–H and O–H groups in total. The molecule has 0 aliphatic carbocycles. The van der Waals surface area contributed by atoms with Crippen LogP contribution in [0.3, 0.4) is 0 Å². The number of rotatable bonds is 4. The molecule has 3 aromatic carbocycles. The summed E-state index contributed by atoms with van der Waals surface area (Å²) in [5.41, 5.74) is 3.14.